The largest absolute Gasteiger partial charge is 0.459 e. The molecule has 6 atom stereocenters. The average Bonchev–Trinajstić information content (AvgIpc) is 3.32. The molecule has 7 rings (SSSR count). The first-order chi connectivity index (χ1) is 31.2. The Kier molecular flexibility index (Phi) is 15.3. The average molecular weight is 869 g/mol. The molecule has 1 heterocycles. The van der Waals surface area contributed by atoms with E-state index in [4.69, 9.17) is 24.2 Å². The maximum atomic E-state index is 15.0. The molecule has 2 aliphatic carbocycles. The van der Waals surface area contributed by atoms with Crippen LogP contribution in [0, 0.1) is 39.2 Å². The van der Waals surface area contributed by atoms with E-state index in [9.17, 15) is 30.4 Å². The molecule has 1 aliphatic heterocycles. The van der Waals surface area contributed by atoms with Crippen molar-refractivity contribution in [3.63, 3.8) is 0 Å². The molecular formula is C51H56N4O9. The molecule has 0 spiro atoms. The van der Waals surface area contributed by atoms with E-state index in [0.29, 0.717) is 59.9 Å². The molecular weight excluding hydrogens is 813 g/mol. The first-order valence-corrected chi connectivity index (χ1v) is 22.2. The summed E-state index contributed by atoms with van der Waals surface area (Å²) in [5.41, 5.74) is 4.11. The third-order valence-corrected chi connectivity index (χ3v) is 12.5. The fourth-order valence-corrected chi connectivity index (χ4v) is 9.76. The van der Waals surface area contributed by atoms with Crippen LogP contribution in [0.4, 0.5) is 5.69 Å². The van der Waals surface area contributed by atoms with Crippen LogP contribution in [0.3, 0.4) is 0 Å². The van der Waals surface area contributed by atoms with E-state index < -0.39 is 22.7 Å². The van der Waals surface area contributed by atoms with Crippen LogP contribution in [0.2, 0.25) is 0 Å². The van der Waals surface area contributed by atoms with Crippen molar-refractivity contribution < 1.29 is 39.0 Å². The second kappa shape index (κ2) is 21.4. The van der Waals surface area contributed by atoms with E-state index in [0.717, 1.165) is 42.4 Å². The zero-order valence-electron chi connectivity index (χ0n) is 36.2. The second-order valence-electron chi connectivity index (χ2n) is 16.6. The lowest BCUT2D eigenvalue weighted by Crippen LogP contribution is -2.70. The minimum absolute atomic E-state index is 0.00814. The van der Waals surface area contributed by atoms with Crippen molar-refractivity contribution in [2.75, 3.05) is 26.4 Å². The fourth-order valence-electron chi connectivity index (χ4n) is 9.76. The Balaban J connectivity index is 1.45. The van der Waals surface area contributed by atoms with Crippen molar-refractivity contribution >= 4 is 17.3 Å². The molecule has 1 fully saturated rings. The lowest BCUT2D eigenvalue weighted by Gasteiger charge is -2.60. The van der Waals surface area contributed by atoms with Crippen LogP contribution in [-0.4, -0.2) is 69.8 Å². The van der Waals surface area contributed by atoms with E-state index in [1.165, 1.54) is 12.1 Å². The van der Waals surface area contributed by atoms with Gasteiger partial charge in [0, 0.05) is 49.3 Å². The molecule has 13 nitrogen and oxygen atoms in total. The number of oxime groups is 1. The van der Waals surface area contributed by atoms with Gasteiger partial charge in [-0.25, -0.2) is 0 Å². The summed E-state index contributed by atoms with van der Waals surface area (Å²) in [4.78, 5) is 34.2. The van der Waals surface area contributed by atoms with E-state index in [1.54, 1.807) is 48.5 Å². The number of nitrogens with zero attached hydrogens (tertiary/aromatic N) is 4. The molecule has 0 aromatic heterocycles. The zero-order chi connectivity index (χ0) is 45.1. The molecule has 4 aromatic rings. The number of nitro groups is 1. The number of hydrogen-bond acceptors (Lipinski definition) is 11. The number of nitro benzene ring substituents is 1. The molecule has 0 radical (unpaired) electrons. The van der Waals surface area contributed by atoms with Gasteiger partial charge in [0.05, 0.1) is 40.9 Å². The van der Waals surface area contributed by atoms with Gasteiger partial charge in [0.1, 0.15) is 29.9 Å². The molecule has 4 aromatic carbocycles. The lowest BCUT2D eigenvalue weighted by atomic mass is 9.55. The summed E-state index contributed by atoms with van der Waals surface area (Å²) < 4.78 is 20.8. The van der Waals surface area contributed by atoms with Crippen molar-refractivity contribution in [2.24, 2.45) is 22.9 Å². The van der Waals surface area contributed by atoms with Crippen molar-refractivity contribution in [1.82, 2.24) is 4.90 Å². The molecule has 6 unspecified atom stereocenters. The van der Waals surface area contributed by atoms with Gasteiger partial charge in [-0.2, -0.15) is 5.26 Å². The number of allylic oxidation sites excluding steroid dienone is 1. The summed E-state index contributed by atoms with van der Waals surface area (Å²) in [5.74, 6) is -1.29. The van der Waals surface area contributed by atoms with E-state index >= 15 is 0 Å². The summed E-state index contributed by atoms with van der Waals surface area (Å²) in [6.07, 6.45) is 9.10. The lowest BCUT2D eigenvalue weighted by molar-refractivity contribution is -0.384. The summed E-state index contributed by atoms with van der Waals surface area (Å²) >= 11 is 0. The number of nitriles is 1. The Bertz CT molecular complexity index is 2360. The standard InChI is InChI=1S/C51H56N4O9/c1-3-25-54(50(58)37-21-19-35(33-52)20-22-37)47-32-45(53-62-34-36-13-6-5-7-14-36)43-29-38(15-8-10-26-56)42(18-9-11-27-57)48-44-31-41(63-40-17-12-16-39(30-40)55(59)60)23-24-46(44)64-51(47,49(43)48)61-28-4-2/h4-7,12-14,16-17,19-24,29-31,38,42,47-49,56-57H,2-3,8-11,15,18,25-28,32,34H2,1H3. The van der Waals surface area contributed by atoms with Gasteiger partial charge in [0.2, 0.25) is 5.79 Å². The van der Waals surface area contributed by atoms with Crippen LogP contribution in [0.1, 0.15) is 91.3 Å². The summed E-state index contributed by atoms with van der Waals surface area (Å²) in [6.45, 7) is 6.83. The Morgan fingerprint density at radius 3 is 2.45 bits per heavy atom. The second-order valence-corrected chi connectivity index (χ2v) is 16.6. The highest BCUT2D eigenvalue weighted by Crippen LogP contribution is 2.62. The number of aliphatic hydroxyl groups is 2. The summed E-state index contributed by atoms with van der Waals surface area (Å²) in [5, 5.41) is 46.1. The minimum Gasteiger partial charge on any atom is -0.459 e. The van der Waals surface area contributed by atoms with Crippen LogP contribution in [-0.2, 0) is 16.2 Å². The van der Waals surface area contributed by atoms with Crippen LogP contribution in [0.25, 0.3) is 0 Å². The van der Waals surface area contributed by atoms with E-state index in [-0.39, 0.29) is 62.2 Å². The van der Waals surface area contributed by atoms with Crippen LogP contribution >= 0.6 is 0 Å². The van der Waals surface area contributed by atoms with E-state index in [2.05, 4.69) is 18.7 Å². The zero-order valence-corrected chi connectivity index (χ0v) is 36.2. The molecule has 1 saturated carbocycles. The van der Waals surface area contributed by atoms with Gasteiger partial charge in [0.15, 0.2) is 0 Å². The van der Waals surface area contributed by atoms with Gasteiger partial charge in [0.25, 0.3) is 11.6 Å². The molecule has 0 bridgehead atoms. The quantitative estimate of drug-likeness (QED) is 0.0355. The molecule has 64 heavy (non-hydrogen) atoms. The molecule has 3 aliphatic rings. The Hall–Kier alpha value is -6.33. The number of amides is 1. The summed E-state index contributed by atoms with van der Waals surface area (Å²) in [6, 6.07) is 29.4. The number of hydrogen-bond donors (Lipinski definition) is 2. The maximum absolute atomic E-state index is 15.0. The molecule has 1 amide bonds. The number of non-ortho nitro benzene ring substituents is 1. The van der Waals surface area contributed by atoms with Crippen molar-refractivity contribution in [2.45, 2.75) is 82.6 Å². The number of unbranched alkanes of at least 4 members (excludes halogenated alkanes) is 2. The van der Waals surface area contributed by atoms with Crippen LogP contribution in [0.15, 0.2) is 127 Å². The first kappa shape index (κ1) is 45.7. The first-order valence-electron chi connectivity index (χ1n) is 22.2. The van der Waals surface area contributed by atoms with Gasteiger partial charge in [-0.15, -0.1) is 6.58 Å². The SMILES string of the molecule is C=CCOC12Oc3ccc(Oc4cccc([N+](=O)[O-])c4)cc3C3C(CCCCO)C(CCCCO)C=C(C(=NOCc4ccccc4)CC1N(CCC)C(=O)c1ccc(C#N)cc1)C32. The minimum atomic E-state index is -1.47. The monoisotopic (exact) mass is 868 g/mol. The van der Waals surface area contributed by atoms with Crippen molar-refractivity contribution in [3.8, 4) is 23.3 Å². The number of carbonyl (C=O) groups excluding carboxylic acids is 1. The molecule has 334 valence electrons. The van der Waals surface area contributed by atoms with E-state index in [1.807, 2.05) is 54.3 Å². The molecule has 2 N–H and O–H groups in total. The third-order valence-electron chi connectivity index (χ3n) is 12.5. The normalized spacial score (nSPS) is 22.5. The predicted octanol–water partition coefficient (Wildman–Crippen LogP) is 9.64. The van der Waals surface area contributed by atoms with Gasteiger partial charge >= 0.3 is 0 Å². The fraction of sp³-hybridized carbons (Fsp3) is 0.392. The number of aliphatic hydroxyl groups excluding tert-OH is 2. The highest BCUT2D eigenvalue weighted by Gasteiger charge is 2.65. The topological polar surface area (TPSA) is 177 Å². The van der Waals surface area contributed by atoms with Gasteiger partial charge in [-0.3, -0.25) is 14.9 Å². The van der Waals surface area contributed by atoms with Crippen molar-refractivity contribution in [3.05, 3.63) is 154 Å². The molecule has 0 saturated heterocycles. The number of rotatable bonds is 21. The Morgan fingerprint density at radius 1 is 1.00 bits per heavy atom. The predicted molar refractivity (Wildman–Crippen MR) is 242 cm³/mol. The van der Waals surface area contributed by atoms with Gasteiger partial charge in [-0.05, 0) is 104 Å². The number of ether oxygens (including phenoxy) is 3. The number of benzene rings is 4. The third kappa shape index (κ3) is 9.90. The summed E-state index contributed by atoms with van der Waals surface area (Å²) in [7, 11) is 0. The van der Waals surface area contributed by atoms with Crippen molar-refractivity contribution in [1.29, 1.82) is 5.26 Å². The maximum Gasteiger partial charge on any atom is 0.273 e. The number of fused-ring (bicyclic) bond motifs is 2. The molecule has 13 heteroatoms. The smallest absolute Gasteiger partial charge is 0.273 e. The van der Waals surface area contributed by atoms with Crippen LogP contribution < -0.4 is 9.47 Å². The van der Waals surface area contributed by atoms with Gasteiger partial charge in [-0.1, -0.05) is 73.5 Å². The number of carbonyl (C=O) groups is 1. The Morgan fingerprint density at radius 2 is 1.75 bits per heavy atom. The highest BCUT2D eigenvalue weighted by molar-refractivity contribution is 6.03. The highest BCUT2D eigenvalue weighted by atomic mass is 16.7. The van der Waals surface area contributed by atoms with Crippen LogP contribution in [0.5, 0.6) is 17.2 Å². The van der Waals surface area contributed by atoms with Gasteiger partial charge < -0.3 is 34.2 Å². The Labute approximate surface area is 374 Å².